The summed E-state index contributed by atoms with van der Waals surface area (Å²) in [5.41, 5.74) is 7.11. The monoisotopic (exact) mass is 175 g/mol. The minimum Gasteiger partial charge on any atom is -0.321 e. The number of benzene rings is 1. The zero-order valence-electron chi connectivity index (χ0n) is 7.07. The highest BCUT2D eigenvalue weighted by molar-refractivity contribution is 5.77. The topological polar surface area (TPSA) is 26.0 Å². The molecule has 1 nitrogen and oxygen atoms in total. The summed E-state index contributed by atoms with van der Waals surface area (Å²) < 4.78 is 13.3. The number of hydrogen-bond donors (Lipinski definition) is 1. The summed E-state index contributed by atoms with van der Waals surface area (Å²) in [5.74, 6) is -0.201. The molecule has 1 atom stereocenters. The molecule has 1 aliphatic carbocycles. The summed E-state index contributed by atoms with van der Waals surface area (Å²) in [4.78, 5) is 0. The average Bonchev–Trinajstić information content (AvgIpc) is 2.53. The van der Waals surface area contributed by atoms with Crippen LogP contribution in [-0.4, -0.2) is 6.04 Å². The predicted molar refractivity (Wildman–Crippen MR) is 51.5 cm³/mol. The number of allylic oxidation sites excluding steroid dienone is 2. The van der Waals surface area contributed by atoms with Gasteiger partial charge in [0.25, 0.3) is 0 Å². The van der Waals surface area contributed by atoms with Gasteiger partial charge in [0.15, 0.2) is 0 Å². The third-order valence-electron chi connectivity index (χ3n) is 2.05. The van der Waals surface area contributed by atoms with Crippen molar-refractivity contribution in [1.29, 1.82) is 0 Å². The number of halogens is 1. The van der Waals surface area contributed by atoms with E-state index in [1.165, 1.54) is 6.07 Å². The van der Waals surface area contributed by atoms with Crippen LogP contribution in [0.5, 0.6) is 0 Å². The van der Waals surface area contributed by atoms with Crippen LogP contribution < -0.4 is 5.73 Å². The van der Waals surface area contributed by atoms with Crippen LogP contribution in [0.25, 0.3) is 5.57 Å². The molecule has 1 aromatic carbocycles. The lowest BCUT2D eigenvalue weighted by molar-refractivity contribution is 0.624. The van der Waals surface area contributed by atoms with Gasteiger partial charge in [0.05, 0.1) is 0 Å². The van der Waals surface area contributed by atoms with Gasteiger partial charge in [0.2, 0.25) is 0 Å². The van der Waals surface area contributed by atoms with Crippen LogP contribution in [0, 0.1) is 5.82 Å². The minimum absolute atomic E-state index is 0.0744. The lowest BCUT2D eigenvalue weighted by atomic mass is 10.1. The number of nitrogens with two attached hydrogens (primary N) is 1. The fraction of sp³-hybridized carbons (Fsp3) is 0.0909. The highest BCUT2D eigenvalue weighted by Crippen LogP contribution is 2.23. The molecule has 0 fully saturated rings. The summed E-state index contributed by atoms with van der Waals surface area (Å²) in [6.07, 6.45) is 5.54. The van der Waals surface area contributed by atoms with E-state index in [2.05, 4.69) is 0 Å². The van der Waals surface area contributed by atoms with Crippen LogP contribution in [0.4, 0.5) is 4.39 Å². The second kappa shape index (κ2) is 3.15. The Morgan fingerprint density at radius 2 is 2.00 bits per heavy atom. The first kappa shape index (κ1) is 8.20. The highest BCUT2D eigenvalue weighted by atomic mass is 19.1. The second-order valence-electron chi connectivity index (χ2n) is 3.04. The Hall–Kier alpha value is -1.41. The van der Waals surface area contributed by atoms with Crippen molar-refractivity contribution in [3.63, 3.8) is 0 Å². The molecule has 1 aliphatic rings. The molecule has 2 N–H and O–H groups in total. The average molecular weight is 175 g/mol. The molecular formula is C11H10FN. The van der Waals surface area contributed by atoms with E-state index in [1.807, 2.05) is 24.3 Å². The maximum atomic E-state index is 13.3. The van der Waals surface area contributed by atoms with Crippen LogP contribution in [0.3, 0.4) is 0 Å². The fourth-order valence-electron chi connectivity index (χ4n) is 1.41. The van der Waals surface area contributed by atoms with Gasteiger partial charge >= 0.3 is 0 Å². The van der Waals surface area contributed by atoms with E-state index in [1.54, 1.807) is 12.1 Å². The molecule has 1 aromatic rings. The lowest BCUT2D eigenvalue weighted by Gasteiger charge is -2.00. The SMILES string of the molecule is NC1C=CC(c2ccccc2F)=C1. The predicted octanol–water partition coefficient (Wildman–Crippen LogP) is 2.11. The number of hydrogen-bond acceptors (Lipinski definition) is 1. The zero-order chi connectivity index (χ0) is 9.26. The summed E-state index contributed by atoms with van der Waals surface area (Å²) in [6, 6.07) is 6.63. The highest BCUT2D eigenvalue weighted by Gasteiger charge is 2.09. The Morgan fingerprint density at radius 1 is 1.23 bits per heavy atom. The first-order chi connectivity index (χ1) is 6.27. The molecule has 2 heteroatoms. The Morgan fingerprint density at radius 3 is 2.62 bits per heavy atom. The van der Waals surface area contributed by atoms with E-state index >= 15 is 0 Å². The molecule has 0 saturated carbocycles. The van der Waals surface area contributed by atoms with E-state index in [0.29, 0.717) is 5.56 Å². The van der Waals surface area contributed by atoms with Crippen molar-refractivity contribution in [3.05, 3.63) is 53.9 Å². The molecule has 0 amide bonds. The lowest BCUT2D eigenvalue weighted by Crippen LogP contribution is -2.10. The largest absolute Gasteiger partial charge is 0.321 e. The zero-order valence-corrected chi connectivity index (χ0v) is 7.07. The molecule has 13 heavy (non-hydrogen) atoms. The quantitative estimate of drug-likeness (QED) is 0.695. The van der Waals surface area contributed by atoms with Crippen LogP contribution in [0.1, 0.15) is 5.56 Å². The first-order valence-corrected chi connectivity index (χ1v) is 4.18. The van der Waals surface area contributed by atoms with Crippen LogP contribution >= 0.6 is 0 Å². The Labute approximate surface area is 76.4 Å². The Bertz CT molecular complexity index is 379. The molecule has 0 spiro atoms. The van der Waals surface area contributed by atoms with Crippen molar-refractivity contribution in [3.8, 4) is 0 Å². The van der Waals surface area contributed by atoms with Gasteiger partial charge in [-0.25, -0.2) is 4.39 Å². The minimum atomic E-state index is -0.201. The summed E-state index contributed by atoms with van der Waals surface area (Å²) in [5, 5.41) is 0. The molecule has 66 valence electrons. The van der Waals surface area contributed by atoms with E-state index in [0.717, 1.165) is 5.57 Å². The Balaban J connectivity index is 2.42. The first-order valence-electron chi connectivity index (χ1n) is 4.18. The standard InChI is InChI=1S/C11H10FN/c12-11-4-2-1-3-10(11)8-5-6-9(13)7-8/h1-7,9H,13H2. The van der Waals surface area contributed by atoms with E-state index in [4.69, 9.17) is 5.73 Å². The molecule has 0 heterocycles. The molecule has 0 bridgehead atoms. The van der Waals surface area contributed by atoms with Crippen molar-refractivity contribution < 1.29 is 4.39 Å². The normalized spacial score (nSPS) is 20.5. The van der Waals surface area contributed by atoms with Gasteiger partial charge in [-0.05, 0) is 11.6 Å². The number of rotatable bonds is 1. The third-order valence-corrected chi connectivity index (χ3v) is 2.05. The molecular weight excluding hydrogens is 165 g/mol. The molecule has 0 aliphatic heterocycles. The van der Waals surface area contributed by atoms with Crippen LogP contribution in [0.2, 0.25) is 0 Å². The molecule has 0 radical (unpaired) electrons. The molecule has 0 aromatic heterocycles. The van der Waals surface area contributed by atoms with Gasteiger partial charge in [-0.15, -0.1) is 0 Å². The van der Waals surface area contributed by atoms with Gasteiger partial charge in [-0.2, -0.15) is 0 Å². The van der Waals surface area contributed by atoms with Gasteiger partial charge in [-0.1, -0.05) is 36.4 Å². The smallest absolute Gasteiger partial charge is 0.131 e. The summed E-state index contributed by atoms with van der Waals surface area (Å²) in [6.45, 7) is 0. The van der Waals surface area contributed by atoms with Gasteiger partial charge in [0.1, 0.15) is 5.82 Å². The molecule has 1 unspecified atom stereocenters. The van der Waals surface area contributed by atoms with Crippen LogP contribution in [0.15, 0.2) is 42.5 Å². The molecule has 0 saturated heterocycles. The summed E-state index contributed by atoms with van der Waals surface area (Å²) in [7, 11) is 0. The maximum Gasteiger partial charge on any atom is 0.131 e. The van der Waals surface area contributed by atoms with Crippen molar-refractivity contribution in [2.45, 2.75) is 6.04 Å². The second-order valence-corrected chi connectivity index (χ2v) is 3.04. The van der Waals surface area contributed by atoms with Gasteiger partial charge in [-0.3, -0.25) is 0 Å². The fourth-order valence-corrected chi connectivity index (χ4v) is 1.41. The van der Waals surface area contributed by atoms with E-state index in [-0.39, 0.29) is 11.9 Å². The maximum absolute atomic E-state index is 13.3. The Kier molecular flexibility index (Phi) is 1.99. The van der Waals surface area contributed by atoms with Crippen molar-refractivity contribution >= 4 is 5.57 Å². The van der Waals surface area contributed by atoms with Crippen molar-refractivity contribution in [1.82, 2.24) is 0 Å². The van der Waals surface area contributed by atoms with Crippen molar-refractivity contribution in [2.24, 2.45) is 5.73 Å². The third kappa shape index (κ3) is 1.53. The van der Waals surface area contributed by atoms with Crippen LogP contribution in [-0.2, 0) is 0 Å². The van der Waals surface area contributed by atoms with Gasteiger partial charge < -0.3 is 5.73 Å². The van der Waals surface area contributed by atoms with Gasteiger partial charge in [0, 0.05) is 11.6 Å². The summed E-state index contributed by atoms with van der Waals surface area (Å²) >= 11 is 0. The van der Waals surface area contributed by atoms with E-state index < -0.39 is 0 Å². The molecule has 2 rings (SSSR count). The van der Waals surface area contributed by atoms with Crippen molar-refractivity contribution in [2.75, 3.05) is 0 Å². The van der Waals surface area contributed by atoms with E-state index in [9.17, 15) is 4.39 Å².